The second kappa shape index (κ2) is 6.11. The Kier molecular flexibility index (Phi) is 4.66. The minimum absolute atomic E-state index is 0.00836. The summed E-state index contributed by atoms with van der Waals surface area (Å²) in [6.07, 6.45) is -0.768. The van der Waals surface area contributed by atoms with E-state index in [4.69, 9.17) is 5.11 Å². The Morgan fingerprint density at radius 3 is 2.70 bits per heavy atom. The molecule has 0 radical (unpaired) electrons. The van der Waals surface area contributed by atoms with Crippen LogP contribution in [0, 0.1) is 0 Å². The Bertz CT molecular complexity index is 552. The van der Waals surface area contributed by atoms with E-state index in [0.29, 0.717) is 10.2 Å². The number of nitrogens with zero attached hydrogens (tertiary/aromatic N) is 1. The standard InChI is InChI=1S/C12H12Br2N2O4/c13-6-1-2-8(14)9(3-6)15-12(20)16-5-7(17)4-10(16)11(18)19/h1-3,7,10,17H,4-5H2,(H,15,20)(H,18,19)/t7-,10-/m0/s1. The van der Waals surface area contributed by atoms with E-state index in [1.807, 2.05) is 0 Å². The van der Waals surface area contributed by atoms with Crippen molar-refractivity contribution in [3.63, 3.8) is 0 Å². The quantitative estimate of drug-likeness (QED) is 0.701. The van der Waals surface area contributed by atoms with Crippen molar-refractivity contribution < 1.29 is 19.8 Å². The number of carbonyl (C=O) groups is 2. The van der Waals surface area contributed by atoms with Crippen molar-refractivity contribution in [3.05, 3.63) is 27.1 Å². The molecule has 108 valence electrons. The molecule has 1 heterocycles. The van der Waals surface area contributed by atoms with Crippen LogP contribution in [0.2, 0.25) is 0 Å². The van der Waals surface area contributed by atoms with Crippen LogP contribution < -0.4 is 5.32 Å². The summed E-state index contributed by atoms with van der Waals surface area (Å²) in [5.74, 6) is -1.12. The number of rotatable bonds is 2. The zero-order valence-electron chi connectivity index (χ0n) is 10.2. The first-order valence-electron chi connectivity index (χ1n) is 5.82. The van der Waals surface area contributed by atoms with Crippen LogP contribution in [-0.4, -0.2) is 45.8 Å². The number of halogens is 2. The molecule has 1 fully saturated rings. The Balaban J connectivity index is 2.15. The molecule has 3 N–H and O–H groups in total. The maximum absolute atomic E-state index is 12.1. The number of amides is 2. The molecule has 0 aliphatic carbocycles. The van der Waals surface area contributed by atoms with E-state index in [9.17, 15) is 14.7 Å². The second-order valence-electron chi connectivity index (χ2n) is 4.45. The molecular formula is C12H12Br2N2O4. The number of aliphatic carboxylic acids is 1. The highest BCUT2D eigenvalue weighted by atomic mass is 79.9. The number of anilines is 1. The molecule has 0 bridgehead atoms. The van der Waals surface area contributed by atoms with Crippen molar-refractivity contribution in [2.24, 2.45) is 0 Å². The number of likely N-dealkylation sites (tertiary alicyclic amines) is 1. The number of hydrogen-bond donors (Lipinski definition) is 3. The van der Waals surface area contributed by atoms with Crippen LogP contribution in [0.5, 0.6) is 0 Å². The Morgan fingerprint density at radius 2 is 2.05 bits per heavy atom. The summed E-state index contributed by atoms with van der Waals surface area (Å²) in [6, 6.07) is 3.71. The highest BCUT2D eigenvalue weighted by Gasteiger charge is 2.39. The van der Waals surface area contributed by atoms with Gasteiger partial charge in [-0.2, -0.15) is 0 Å². The Morgan fingerprint density at radius 1 is 1.35 bits per heavy atom. The summed E-state index contributed by atoms with van der Waals surface area (Å²) in [6.45, 7) is 0.00836. The van der Waals surface area contributed by atoms with Gasteiger partial charge in [0.25, 0.3) is 0 Å². The third-order valence-electron chi connectivity index (χ3n) is 2.99. The number of hydrogen-bond acceptors (Lipinski definition) is 3. The summed E-state index contributed by atoms with van der Waals surface area (Å²) in [5.41, 5.74) is 0.523. The lowest BCUT2D eigenvalue weighted by atomic mass is 10.2. The number of nitrogens with one attached hydrogen (secondary N) is 1. The molecule has 1 aromatic carbocycles. The number of urea groups is 1. The molecular weight excluding hydrogens is 396 g/mol. The van der Waals surface area contributed by atoms with Gasteiger partial charge in [0, 0.05) is 21.9 Å². The van der Waals surface area contributed by atoms with Gasteiger partial charge in [0.2, 0.25) is 0 Å². The number of benzene rings is 1. The number of β-amino-alcohol motifs (C(OH)–C–C–N with tert-alkyl or cyclic N) is 1. The van der Waals surface area contributed by atoms with Crippen LogP contribution in [0.15, 0.2) is 27.1 Å². The summed E-state index contributed by atoms with van der Waals surface area (Å²) in [7, 11) is 0. The molecule has 0 aromatic heterocycles. The molecule has 0 saturated carbocycles. The maximum atomic E-state index is 12.1. The van der Waals surface area contributed by atoms with Gasteiger partial charge < -0.3 is 20.4 Å². The second-order valence-corrected chi connectivity index (χ2v) is 6.22. The first kappa shape index (κ1) is 15.3. The van der Waals surface area contributed by atoms with Crippen molar-refractivity contribution in [1.29, 1.82) is 0 Å². The fraction of sp³-hybridized carbons (Fsp3) is 0.333. The molecule has 2 rings (SSSR count). The molecule has 0 unspecified atom stereocenters. The van der Waals surface area contributed by atoms with Crippen molar-refractivity contribution in [2.45, 2.75) is 18.6 Å². The molecule has 1 saturated heterocycles. The average molecular weight is 408 g/mol. The molecule has 6 nitrogen and oxygen atoms in total. The number of carboxylic acids is 1. The molecule has 2 atom stereocenters. The lowest BCUT2D eigenvalue weighted by Crippen LogP contribution is -2.43. The molecule has 2 amide bonds. The zero-order chi connectivity index (χ0) is 14.9. The third kappa shape index (κ3) is 3.31. The molecule has 20 heavy (non-hydrogen) atoms. The predicted molar refractivity (Wildman–Crippen MR) is 79.6 cm³/mol. The van der Waals surface area contributed by atoms with Gasteiger partial charge in [0.15, 0.2) is 0 Å². The molecule has 1 aliphatic rings. The highest BCUT2D eigenvalue weighted by molar-refractivity contribution is 9.11. The largest absolute Gasteiger partial charge is 0.480 e. The Hall–Kier alpha value is -1.12. The van der Waals surface area contributed by atoms with Crippen molar-refractivity contribution in [3.8, 4) is 0 Å². The highest BCUT2D eigenvalue weighted by Crippen LogP contribution is 2.27. The SMILES string of the molecule is O=C(O)[C@@H]1C[C@H](O)CN1C(=O)Nc1cc(Br)ccc1Br. The minimum Gasteiger partial charge on any atom is -0.480 e. The fourth-order valence-electron chi connectivity index (χ4n) is 2.05. The van der Waals surface area contributed by atoms with Gasteiger partial charge in [-0.15, -0.1) is 0 Å². The number of carbonyl (C=O) groups excluding carboxylic acids is 1. The first-order valence-corrected chi connectivity index (χ1v) is 7.40. The number of carboxylic acid groups (broad SMARTS) is 1. The summed E-state index contributed by atoms with van der Waals surface area (Å²) in [5, 5.41) is 21.2. The molecule has 8 heteroatoms. The van der Waals surface area contributed by atoms with Gasteiger partial charge in [-0.1, -0.05) is 15.9 Å². The van der Waals surface area contributed by atoms with Crippen LogP contribution in [0.3, 0.4) is 0 Å². The Labute approximate surface area is 132 Å². The monoisotopic (exact) mass is 406 g/mol. The zero-order valence-corrected chi connectivity index (χ0v) is 13.4. The first-order chi connectivity index (χ1) is 9.38. The van der Waals surface area contributed by atoms with Gasteiger partial charge in [-0.3, -0.25) is 0 Å². The topological polar surface area (TPSA) is 89.9 Å². The summed E-state index contributed by atoms with van der Waals surface area (Å²) >= 11 is 6.60. The lowest BCUT2D eigenvalue weighted by Gasteiger charge is -2.22. The summed E-state index contributed by atoms with van der Waals surface area (Å²) < 4.78 is 1.47. The maximum Gasteiger partial charge on any atom is 0.326 e. The van der Waals surface area contributed by atoms with E-state index in [0.717, 1.165) is 9.37 Å². The van der Waals surface area contributed by atoms with E-state index in [2.05, 4.69) is 37.2 Å². The molecule has 0 spiro atoms. The van der Waals surface area contributed by atoms with Crippen LogP contribution >= 0.6 is 31.9 Å². The van der Waals surface area contributed by atoms with Gasteiger partial charge in [0.1, 0.15) is 6.04 Å². The average Bonchev–Trinajstić information content (AvgIpc) is 2.76. The molecule has 1 aliphatic heterocycles. The van der Waals surface area contributed by atoms with Gasteiger partial charge in [-0.25, -0.2) is 9.59 Å². The smallest absolute Gasteiger partial charge is 0.326 e. The summed E-state index contributed by atoms with van der Waals surface area (Å²) in [4.78, 5) is 24.4. The van der Waals surface area contributed by atoms with E-state index in [-0.39, 0.29) is 13.0 Å². The van der Waals surface area contributed by atoms with Gasteiger partial charge >= 0.3 is 12.0 Å². The van der Waals surface area contributed by atoms with Crippen molar-refractivity contribution in [2.75, 3.05) is 11.9 Å². The van der Waals surface area contributed by atoms with E-state index in [1.54, 1.807) is 18.2 Å². The van der Waals surface area contributed by atoms with Crippen LogP contribution in [0.25, 0.3) is 0 Å². The molecule has 1 aromatic rings. The van der Waals surface area contributed by atoms with Crippen molar-refractivity contribution in [1.82, 2.24) is 4.90 Å². The normalized spacial score (nSPS) is 21.9. The van der Waals surface area contributed by atoms with Crippen molar-refractivity contribution >= 4 is 49.5 Å². The predicted octanol–water partition coefficient (Wildman–Crippen LogP) is 2.26. The van der Waals surface area contributed by atoms with E-state index in [1.165, 1.54) is 0 Å². The lowest BCUT2D eigenvalue weighted by molar-refractivity contribution is -0.141. The third-order valence-corrected chi connectivity index (χ3v) is 4.18. The van der Waals surface area contributed by atoms with Gasteiger partial charge in [-0.05, 0) is 34.1 Å². The minimum atomic E-state index is -1.12. The van der Waals surface area contributed by atoms with Gasteiger partial charge in [0.05, 0.1) is 11.8 Å². The van der Waals surface area contributed by atoms with E-state index < -0.39 is 24.1 Å². The van der Waals surface area contributed by atoms with Crippen LogP contribution in [0.1, 0.15) is 6.42 Å². The van der Waals surface area contributed by atoms with E-state index >= 15 is 0 Å². The number of aliphatic hydroxyl groups excluding tert-OH is 1. The fourth-order valence-corrected chi connectivity index (χ4v) is 2.76. The van der Waals surface area contributed by atoms with Crippen LogP contribution in [0.4, 0.5) is 10.5 Å². The van der Waals surface area contributed by atoms with Crippen LogP contribution in [-0.2, 0) is 4.79 Å². The number of aliphatic hydroxyl groups is 1.